The quantitative estimate of drug-likeness (QED) is 0.0312. The molecule has 1 aromatic rings. The molecule has 0 aromatic heterocycles. The van der Waals surface area contributed by atoms with Gasteiger partial charge in [0.1, 0.15) is 25.4 Å². The van der Waals surface area contributed by atoms with Gasteiger partial charge in [0.2, 0.25) is 17.9 Å². The number of amides is 1. The highest BCUT2D eigenvalue weighted by Crippen LogP contribution is 2.33. The zero-order valence-electron chi connectivity index (χ0n) is 39.5. The largest absolute Gasteiger partial charge is 0.463 e. The van der Waals surface area contributed by atoms with Crippen molar-refractivity contribution in [1.82, 2.24) is 5.32 Å². The molecule has 2 N–H and O–H groups in total. The summed E-state index contributed by atoms with van der Waals surface area (Å²) >= 11 is 1.23. The summed E-state index contributed by atoms with van der Waals surface area (Å²) in [5.74, 6) is 0.903. The zero-order valence-corrected chi connectivity index (χ0v) is 40.4. The fourth-order valence-corrected chi connectivity index (χ4v) is 6.80. The Bertz CT molecular complexity index is 2250. The molecule has 0 saturated carbocycles. The molecule has 4 unspecified atom stereocenters. The molecule has 374 valence electrons. The first-order chi connectivity index (χ1) is 32.3. The molecule has 1 saturated heterocycles. The normalized spacial score (nSPS) is 19.2. The van der Waals surface area contributed by atoms with Crippen LogP contribution in [0.25, 0.3) is 0 Å². The summed E-state index contributed by atoms with van der Waals surface area (Å²) < 4.78 is 56.6. The van der Waals surface area contributed by atoms with E-state index in [2.05, 4.69) is 34.3 Å². The van der Waals surface area contributed by atoms with Crippen molar-refractivity contribution < 1.29 is 100 Å². The number of carbonyl (C=O) groups is 9. The number of hydrogen-bond donors (Lipinski definition) is 2. The second kappa shape index (κ2) is 28.3. The number of ether oxygens (including phenoxy) is 10. The van der Waals surface area contributed by atoms with Crippen LogP contribution in [0.15, 0.2) is 24.3 Å². The fourth-order valence-electron chi connectivity index (χ4n) is 6.11. The molecule has 1 heterocycles. The zero-order chi connectivity index (χ0) is 52.0. The SMILES string of the molecule is C#CC#CC#CSCC(C)(C)[N+](O)=Cc1ccc(CNC(=O)C(OC(C)=O)[C@@H](OC(C)=O)[C@H](O[C@@H]2OC(COC(C)=O)[C@H](OC(C)=O)[C@H](OC(C)=O)C2OC(C)=O)C(COC(C)=O)OC(C)=O)cc1. The molecule has 1 aromatic carbocycles. The molecule has 69 heavy (non-hydrogen) atoms. The summed E-state index contributed by atoms with van der Waals surface area (Å²) in [6.45, 7) is 9.47. The number of terminal acetylenes is 1. The van der Waals surface area contributed by atoms with Crippen molar-refractivity contribution in [2.75, 3.05) is 19.0 Å². The molecule has 1 fully saturated rings. The average molecular weight is 988 g/mol. The van der Waals surface area contributed by atoms with E-state index in [-0.39, 0.29) is 6.54 Å². The van der Waals surface area contributed by atoms with Gasteiger partial charge in [-0.05, 0) is 51.4 Å². The summed E-state index contributed by atoms with van der Waals surface area (Å²) in [6.07, 6.45) is -10.8. The van der Waals surface area contributed by atoms with E-state index in [0.717, 1.165) is 60.1 Å². The molecule has 22 nitrogen and oxygen atoms in total. The van der Waals surface area contributed by atoms with Gasteiger partial charge in [-0.15, -0.1) is 6.42 Å². The molecular weight excluding hydrogens is 933 g/mol. The minimum Gasteiger partial charge on any atom is -0.463 e. The Morgan fingerprint density at radius 3 is 1.84 bits per heavy atom. The van der Waals surface area contributed by atoms with Crippen LogP contribution in [0.3, 0.4) is 0 Å². The van der Waals surface area contributed by atoms with Crippen LogP contribution in [0.1, 0.15) is 80.4 Å². The first kappa shape index (κ1) is 58.0. The van der Waals surface area contributed by atoms with Gasteiger partial charge in [-0.1, -0.05) is 23.9 Å². The van der Waals surface area contributed by atoms with Gasteiger partial charge in [0, 0.05) is 81.3 Å². The fraction of sp³-hybridized carbons (Fsp3) is 0.522. The number of nitrogens with one attached hydrogen (secondary N) is 1. The molecule has 1 aliphatic heterocycles. The van der Waals surface area contributed by atoms with Gasteiger partial charge in [-0.2, -0.15) is 0 Å². The molecule has 0 aliphatic carbocycles. The third-order valence-electron chi connectivity index (χ3n) is 8.93. The number of hydrogen-bond acceptors (Lipinski definition) is 21. The summed E-state index contributed by atoms with van der Waals surface area (Å²) in [5.41, 5.74) is 0.249. The predicted molar refractivity (Wildman–Crippen MR) is 237 cm³/mol. The van der Waals surface area contributed by atoms with E-state index in [4.69, 9.17) is 53.8 Å². The molecule has 1 aliphatic rings. The van der Waals surface area contributed by atoms with Gasteiger partial charge in [0.15, 0.2) is 36.8 Å². The van der Waals surface area contributed by atoms with E-state index in [1.54, 1.807) is 38.1 Å². The summed E-state index contributed by atoms with van der Waals surface area (Å²) in [6, 6.07) is 6.47. The summed E-state index contributed by atoms with van der Waals surface area (Å²) in [5, 5.41) is 16.2. The molecule has 1 amide bonds. The van der Waals surface area contributed by atoms with E-state index < -0.39 is 128 Å². The molecule has 0 spiro atoms. The molecule has 9 atom stereocenters. The van der Waals surface area contributed by atoms with Crippen LogP contribution in [0.4, 0.5) is 0 Å². The highest BCUT2D eigenvalue weighted by atomic mass is 32.2. The van der Waals surface area contributed by atoms with Crippen molar-refractivity contribution in [2.45, 2.75) is 136 Å². The van der Waals surface area contributed by atoms with Crippen molar-refractivity contribution in [2.24, 2.45) is 0 Å². The number of benzene rings is 1. The van der Waals surface area contributed by atoms with Gasteiger partial charge in [-0.3, -0.25) is 48.4 Å². The van der Waals surface area contributed by atoms with E-state index >= 15 is 0 Å². The maximum absolute atomic E-state index is 14.2. The van der Waals surface area contributed by atoms with E-state index in [0.29, 0.717) is 16.9 Å². The third kappa shape index (κ3) is 20.7. The molecular formula is C46H55N2O20S+. The molecule has 23 heteroatoms. The van der Waals surface area contributed by atoms with Crippen molar-refractivity contribution >= 4 is 71.6 Å². The van der Waals surface area contributed by atoms with Gasteiger partial charge in [0.25, 0.3) is 5.91 Å². The Hall–Kier alpha value is -7.13. The van der Waals surface area contributed by atoms with Crippen LogP contribution in [0.2, 0.25) is 0 Å². The summed E-state index contributed by atoms with van der Waals surface area (Å²) in [7, 11) is 0. The number of rotatable bonds is 22. The third-order valence-corrected chi connectivity index (χ3v) is 10.0. The lowest BCUT2D eigenvalue weighted by Crippen LogP contribution is -2.65. The standard InChI is InChI=1S/C46H54N2O20S/c1-12-13-14-15-20-69-25-46(10,11)48(58)22-35-18-16-34(17-19-35)21-47-44(57)42(65-32(8)55)40(63-30(6)53)39(36(61-28(4)51)23-59-26(2)49)68-45-43(66-33(9)56)41(64-31(7)54)38(62-29(5)52)37(67-45)24-60-27(3)50/h1,16-19,22,36-43,45H,21,23-25H2,2-11H3,(H-,47,57,58)/p+1/t36?,37?,38-,39+,40-,41-,42?,43?,45-/m0/s1. The lowest BCUT2D eigenvalue weighted by atomic mass is 9.97. The molecule has 2 rings (SSSR count). The second-order valence-corrected chi connectivity index (χ2v) is 16.2. The van der Waals surface area contributed by atoms with E-state index in [9.17, 15) is 48.4 Å². The lowest BCUT2D eigenvalue weighted by molar-refractivity contribution is -0.815. The van der Waals surface area contributed by atoms with Crippen LogP contribution in [-0.2, 0) is 97.1 Å². The number of esters is 8. The van der Waals surface area contributed by atoms with Crippen LogP contribution in [0, 0.1) is 35.4 Å². The van der Waals surface area contributed by atoms with Crippen LogP contribution >= 0.6 is 11.8 Å². The summed E-state index contributed by atoms with van der Waals surface area (Å²) in [4.78, 5) is 114. The second-order valence-electron chi connectivity index (χ2n) is 15.4. The highest BCUT2D eigenvalue weighted by molar-refractivity contribution is 8.03. The van der Waals surface area contributed by atoms with Crippen molar-refractivity contribution in [3.63, 3.8) is 0 Å². The smallest absolute Gasteiger partial charge is 0.303 e. The maximum atomic E-state index is 14.2. The van der Waals surface area contributed by atoms with E-state index in [1.807, 2.05) is 0 Å². The molecule has 0 radical (unpaired) electrons. The Balaban J connectivity index is 2.73. The first-order valence-electron chi connectivity index (χ1n) is 20.7. The number of carbonyl (C=O) groups excluding carboxylic acids is 9. The Labute approximate surface area is 402 Å². The Morgan fingerprint density at radius 1 is 0.739 bits per heavy atom. The Kier molecular flexibility index (Phi) is 23.8. The topological polar surface area (TPSA) is 281 Å². The van der Waals surface area contributed by atoms with Crippen LogP contribution in [-0.4, -0.2) is 149 Å². The van der Waals surface area contributed by atoms with Crippen molar-refractivity contribution in [3.05, 3.63) is 35.4 Å². The number of thioether (sulfide) groups is 1. The Morgan fingerprint density at radius 2 is 1.30 bits per heavy atom. The average Bonchev–Trinajstić information content (AvgIpc) is 3.24. The van der Waals surface area contributed by atoms with Crippen molar-refractivity contribution in [1.29, 1.82) is 0 Å². The minimum atomic E-state index is -2.18. The predicted octanol–water partition coefficient (Wildman–Crippen LogP) is 1.06. The first-order valence-corrected chi connectivity index (χ1v) is 21.7. The van der Waals surface area contributed by atoms with E-state index in [1.165, 1.54) is 18.0 Å². The molecule has 0 bridgehead atoms. The van der Waals surface area contributed by atoms with Crippen molar-refractivity contribution in [3.8, 4) is 35.4 Å². The number of hydroxylamine groups is 1. The highest BCUT2D eigenvalue weighted by Gasteiger charge is 2.56. The maximum Gasteiger partial charge on any atom is 0.303 e. The van der Waals surface area contributed by atoms with Crippen LogP contribution in [0.5, 0.6) is 0 Å². The minimum absolute atomic E-state index is 0.248. The van der Waals surface area contributed by atoms with Crippen LogP contribution < -0.4 is 5.32 Å². The number of nitrogens with zero attached hydrogens (tertiary/aromatic N) is 1. The van der Waals surface area contributed by atoms with Gasteiger partial charge in [0.05, 0.1) is 5.75 Å². The monoisotopic (exact) mass is 987 g/mol. The van der Waals surface area contributed by atoms with Gasteiger partial charge < -0.3 is 52.7 Å². The van der Waals surface area contributed by atoms with Gasteiger partial charge >= 0.3 is 47.8 Å². The lowest BCUT2D eigenvalue weighted by Gasteiger charge is -2.46. The van der Waals surface area contributed by atoms with Gasteiger partial charge in [-0.25, -0.2) is 0 Å².